The van der Waals surface area contributed by atoms with Crippen LogP contribution in [-0.4, -0.2) is 29.0 Å². The molecule has 0 bridgehead atoms. The number of nitrogens with zero attached hydrogens (tertiary/aromatic N) is 1. The van der Waals surface area contributed by atoms with Gasteiger partial charge in [0, 0.05) is 30.9 Å². The number of aromatic amines is 1. The van der Waals surface area contributed by atoms with Gasteiger partial charge >= 0.3 is 0 Å². The molecule has 0 unspecified atom stereocenters. The molecule has 0 fully saturated rings. The number of hydrogen-bond donors (Lipinski definition) is 3. The zero-order valence-corrected chi connectivity index (χ0v) is 11.9. The molecule has 1 aromatic heterocycles. The Bertz CT molecular complexity index is 560. The van der Waals surface area contributed by atoms with Crippen molar-refractivity contribution in [2.24, 2.45) is 0 Å². The summed E-state index contributed by atoms with van der Waals surface area (Å²) in [4.78, 5) is 19.1. The van der Waals surface area contributed by atoms with Gasteiger partial charge in [0.05, 0.1) is 12.0 Å². The number of benzene rings is 1. The SMILES string of the molecule is Cc1ccc(C(=O)NCCNCc2nc[nH]c2C)cc1. The summed E-state index contributed by atoms with van der Waals surface area (Å²) in [6.07, 6.45) is 1.69. The van der Waals surface area contributed by atoms with Crippen molar-refractivity contribution in [3.8, 4) is 0 Å². The second-order valence-electron chi connectivity index (χ2n) is 4.77. The number of nitrogens with one attached hydrogen (secondary N) is 3. The lowest BCUT2D eigenvalue weighted by Crippen LogP contribution is -2.31. The fraction of sp³-hybridized carbons (Fsp3) is 0.333. The molecule has 106 valence electrons. The van der Waals surface area contributed by atoms with Gasteiger partial charge in [-0.2, -0.15) is 0 Å². The maximum absolute atomic E-state index is 11.8. The van der Waals surface area contributed by atoms with Crippen LogP contribution in [0.2, 0.25) is 0 Å². The van der Waals surface area contributed by atoms with Crippen molar-refractivity contribution in [3.05, 3.63) is 53.1 Å². The molecule has 5 nitrogen and oxygen atoms in total. The van der Waals surface area contributed by atoms with Crippen molar-refractivity contribution in [1.29, 1.82) is 0 Å². The second-order valence-corrected chi connectivity index (χ2v) is 4.77. The van der Waals surface area contributed by atoms with Gasteiger partial charge in [0.1, 0.15) is 0 Å². The number of rotatable bonds is 6. The first kappa shape index (κ1) is 14.3. The Balaban J connectivity index is 1.67. The van der Waals surface area contributed by atoms with Gasteiger partial charge in [0.15, 0.2) is 0 Å². The molecule has 0 radical (unpaired) electrons. The molecule has 0 spiro atoms. The van der Waals surface area contributed by atoms with Gasteiger partial charge in [0.2, 0.25) is 0 Å². The average Bonchev–Trinajstić information content (AvgIpc) is 2.84. The zero-order valence-electron chi connectivity index (χ0n) is 11.9. The zero-order chi connectivity index (χ0) is 14.4. The van der Waals surface area contributed by atoms with Crippen molar-refractivity contribution < 1.29 is 4.79 Å². The van der Waals surface area contributed by atoms with Gasteiger partial charge in [-0.1, -0.05) is 17.7 Å². The van der Waals surface area contributed by atoms with Crippen LogP contribution in [0, 0.1) is 13.8 Å². The number of aromatic nitrogens is 2. The first-order valence-corrected chi connectivity index (χ1v) is 6.71. The summed E-state index contributed by atoms with van der Waals surface area (Å²) in [5.41, 5.74) is 3.92. The van der Waals surface area contributed by atoms with Crippen molar-refractivity contribution in [2.45, 2.75) is 20.4 Å². The van der Waals surface area contributed by atoms with E-state index in [2.05, 4.69) is 20.6 Å². The van der Waals surface area contributed by atoms with Crippen molar-refractivity contribution in [3.63, 3.8) is 0 Å². The molecule has 2 rings (SSSR count). The summed E-state index contributed by atoms with van der Waals surface area (Å²) in [7, 11) is 0. The van der Waals surface area contributed by atoms with Gasteiger partial charge in [-0.05, 0) is 26.0 Å². The normalized spacial score (nSPS) is 10.5. The van der Waals surface area contributed by atoms with E-state index in [0.29, 0.717) is 25.2 Å². The Hall–Kier alpha value is -2.14. The Kier molecular flexibility index (Phi) is 4.90. The quantitative estimate of drug-likeness (QED) is 0.699. The minimum atomic E-state index is -0.0391. The lowest BCUT2D eigenvalue weighted by Gasteiger charge is -2.06. The molecule has 0 aliphatic carbocycles. The number of carbonyl (C=O) groups is 1. The molecule has 20 heavy (non-hydrogen) atoms. The van der Waals surface area contributed by atoms with Crippen molar-refractivity contribution >= 4 is 5.91 Å². The summed E-state index contributed by atoms with van der Waals surface area (Å²) >= 11 is 0. The predicted molar refractivity (Wildman–Crippen MR) is 78.5 cm³/mol. The monoisotopic (exact) mass is 272 g/mol. The van der Waals surface area contributed by atoms with Crippen LogP contribution in [0.1, 0.15) is 27.3 Å². The highest BCUT2D eigenvalue weighted by Crippen LogP contribution is 2.02. The van der Waals surface area contributed by atoms with E-state index in [-0.39, 0.29) is 5.91 Å². The number of H-pyrrole nitrogens is 1. The maximum Gasteiger partial charge on any atom is 0.251 e. The standard InChI is InChI=1S/C15H20N4O/c1-11-3-5-13(6-4-11)15(20)17-8-7-16-9-14-12(2)18-10-19-14/h3-6,10,16H,7-9H2,1-2H3,(H,17,20)(H,18,19). The average molecular weight is 272 g/mol. The molecule has 0 saturated heterocycles. The molecular formula is C15H20N4O. The third kappa shape index (κ3) is 3.93. The van der Waals surface area contributed by atoms with Crippen LogP contribution in [0.5, 0.6) is 0 Å². The highest BCUT2D eigenvalue weighted by Gasteiger charge is 2.04. The number of aryl methyl sites for hydroxylation is 2. The maximum atomic E-state index is 11.8. The van der Waals surface area contributed by atoms with Crippen LogP contribution >= 0.6 is 0 Å². The highest BCUT2D eigenvalue weighted by molar-refractivity contribution is 5.94. The molecule has 0 saturated carbocycles. The van der Waals surface area contributed by atoms with E-state index in [1.807, 2.05) is 38.1 Å². The van der Waals surface area contributed by atoms with Gasteiger partial charge in [-0.3, -0.25) is 4.79 Å². The Morgan fingerprint density at radius 3 is 2.60 bits per heavy atom. The summed E-state index contributed by atoms with van der Waals surface area (Å²) in [5, 5.41) is 6.13. The number of carbonyl (C=O) groups excluding carboxylic acids is 1. The van der Waals surface area contributed by atoms with Gasteiger partial charge < -0.3 is 15.6 Å². The molecule has 1 aromatic carbocycles. The molecule has 0 aliphatic rings. The fourth-order valence-corrected chi connectivity index (χ4v) is 1.84. The summed E-state index contributed by atoms with van der Waals surface area (Å²) < 4.78 is 0. The predicted octanol–water partition coefficient (Wildman–Crippen LogP) is 1.55. The van der Waals surface area contributed by atoms with E-state index in [1.54, 1.807) is 6.33 Å². The first-order chi connectivity index (χ1) is 9.66. The minimum absolute atomic E-state index is 0.0391. The summed E-state index contributed by atoms with van der Waals surface area (Å²) in [6, 6.07) is 7.55. The summed E-state index contributed by atoms with van der Waals surface area (Å²) in [5.74, 6) is -0.0391. The van der Waals surface area contributed by atoms with E-state index in [4.69, 9.17) is 0 Å². The van der Waals surface area contributed by atoms with Crippen LogP contribution in [0.25, 0.3) is 0 Å². The number of hydrogen-bond acceptors (Lipinski definition) is 3. The lowest BCUT2D eigenvalue weighted by molar-refractivity contribution is 0.0954. The molecule has 5 heteroatoms. The number of amides is 1. The van der Waals surface area contributed by atoms with E-state index in [1.165, 1.54) is 0 Å². The van der Waals surface area contributed by atoms with E-state index < -0.39 is 0 Å². The van der Waals surface area contributed by atoms with E-state index in [9.17, 15) is 4.79 Å². The largest absolute Gasteiger partial charge is 0.351 e. The smallest absolute Gasteiger partial charge is 0.251 e. The van der Waals surface area contributed by atoms with Crippen LogP contribution < -0.4 is 10.6 Å². The topological polar surface area (TPSA) is 69.8 Å². The fourth-order valence-electron chi connectivity index (χ4n) is 1.84. The molecular weight excluding hydrogens is 252 g/mol. The van der Waals surface area contributed by atoms with Crippen LogP contribution in [-0.2, 0) is 6.54 Å². The Morgan fingerprint density at radius 1 is 1.20 bits per heavy atom. The Morgan fingerprint density at radius 2 is 1.95 bits per heavy atom. The van der Waals surface area contributed by atoms with E-state index in [0.717, 1.165) is 17.0 Å². The highest BCUT2D eigenvalue weighted by atomic mass is 16.1. The Labute approximate surface area is 118 Å². The van der Waals surface area contributed by atoms with Gasteiger partial charge in [0.25, 0.3) is 5.91 Å². The molecule has 0 atom stereocenters. The molecule has 0 aliphatic heterocycles. The first-order valence-electron chi connectivity index (χ1n) is 6.71. The third-order valence-electron chi connectivity index (χ3n) is 3.13. The second kappa shape index (κ2) is 6.86. The third-order valence-corrected chi connectivity index (χ3v) is 3.13. The summed E-state index contributed by atoms with van der Waals surface area (Å²) in [6.45, 7) is 6.00. The minimum Gasteiger partial charge on any atom is -0.351 e. The number of imidazole rings is 1. The van der Waals surface area contributed by atoms with Crippen molar-refractivity contribution in [1.82, 2.24) is 20.6 Å². The van der Waals surface area contributed by atoms with Gasteiger partial charge in [-0.25, -0.2) is 4.98 Å². The van der Waals surface area contributed by atoms with Crippen LogP contribution in [0.3, 0.4) is 0 Å². The van der Waals surface area contributed by atoms with Crippen LogP contribution in [0.15, 0.2) is 30.6 Å². The molecule has 1 heterocycles. The molecule has 2 aromatic rings. The van der Waals surface area contributed by atoms with Crippen LogP contribution in [0.4, 0.5) is 0 Å². The van der Waals surface area contributed by atoms with Crippen molar-refractivity contribution in [2.75, 3.05) is 13.1 Å². The molecule has 1 amide bonds. The molecule has 3 N–H and O–H groups in total. The van der Waals surface area contributed by atoms with E-state index >= 15 is 0 Å². The lowest BCUT2D eigenvalue weighted by atomic mass is 10.1. The van der Waals surface area contributed by atoms with Gasteiger partial charge in [-0.15, -0.1) is 0 Å².